The van der Waals surface area contributed by atoms with Crippen LogP contribution < -0.4 is 0 Å². The maximum Gasteiger partial charge on any atom is 0.189 e. The third-order valence-corrected chi connectivity index (χ3v) is 3.63. The third-order valence-electron chi connectivity index (χ3n) is 1.21. The maximum atomic E-state index is 5.46. The second-order valence-corrected chi connectivity index (χ2v) is 6.40. The predicted molar refractivity (Wildman–Crippen MR) is 39.1 cm³/mol. The molecule has 0 spiro atoms. The van der Waals surface area contributed by atoms with Crippen molar-refractivity contribution in [3.05, 3.63) is 6.04 Å². The highest BCUT2D eigenvalue weighted by molar-refractivity contribution is 6.74. The molecule has 0 aliphatic heterocycles. The molecule has 0 fully saturated rings. The van der Waals surface area contributed by atoms with E-state index in [2.05, 4.69) is 26.1 Å². The van der Waals surface area contributed by atoms with E-state index in [-0.39, 0.29) is 0 Å². The van der Waals surface area contributed by atoms with Crippen LogP contribution in [-0.2, 0) is 4.43 Å². The van der Waals surface area contributed by atoms with E-state index in [1.165, 1.54) is 0 Å². The van der Waals surface area contributed by atoms with Crippen molar-refractivity contribution < 1.29 is 4.43 Å². The first-order valence-corrected chi connectivity index (χ1v) is 6.05. The highest BCUT2D eigenvalue weighted by atomic mass is 28.4. The van der Waals surface area contributed by atoms with Crippen molar-refractivity contribution in [1.29, 1.82) is 0 Å². The van der Waals surface area contributed by atoms with E-state index in [0.717, 1.165) is 6.61 Å². The average Bonchev–Trinajstić information content (AvgIpc) is 1.67. The van der Waals surface area contributed by atoms with Gasteiger partial charge in [0.25, 0.3) is 0 Å². The lowest BCUT2D eigenvalue weighted by atomic mass is 10.9. The molecule has 2 heteroatoms. The molecule has 1 nitrogen and oxygen atoms in total. The van der Waals surface area contributed by atoms with Crippen molar-refractivity contribution in [2.45, 2.75) is 26.9 Å². The Kier molecular flexibility index (Phi) is 3.32. The molecule has 0 aromatic rings. The van der Waals surface area contributed by atoms with Gasteiger partial charge in [0.15, 0.2) is 8.32 Å². The van der Waals surface area contributed by atoms with Crippen molar-refractivity contribution in [1.82, 2.24) is 0 Å². The molecule has 0 aromatic heterocycles. The van der Waals surface area contributed by atoms with Gasteiger partial charge in [-0.15, -0.1) is 0 Å². The van der Waals surface area contributed by atoms with Crippen molar-refractivity contribution in [2.75, 3.05) is 6.61 Å². The molecule has 0 unspecified atom stereocenters. The molecule has 0 aromatic carbocycles. The van der Waals surface area contributed by atoms with E-state index in [0.29, 0.717) is 0 Å². The van der Waals surface area contributed by atoms with Gasteiger partial charge >= 0.3 is 0 Å². The molecule has 49 valence electrons. The van der Waals surface area contributed by atoms with Crippen molar-refractivity contribution in [2.24, 2.45) is 0 Å². The number of rotatable bonds is 3. The standard InChI is InChI=1S/C6H15OSi/c1-5-7-8(3,4)6-2/h6H,5H2,1-4H3. The van der Waals surface area contributed by atoms with Gasteiger partial charge in [-0.3, -0.25) is 0 Å². The molecule has 0 heterocycles. The fourth-order valence-corrected chi connectivity index (χ4v) is 1.37. The minimum atomic E-state index is -1.30. The van der Waals surface area contributed by atoms with Crippen molar-refractivity contribution in [3.63, 3.8) is 0 Å². The highest BCUT2D eigenvalue weighted by Gasteiger charge is 2.17. The summed E-state index contributed by atoms with van der Waals surface area (Å²) in [5.41, 5.74) is 0. The van der Waals surface area contributed by atoms with E-state index in [4.69, 9.17) is 4.43 Å². The van der Waals surface area contributed by atoms with Crippen LogP contribution in [0.2, 0.25) is 13.1 Å². The summed E-state index contributed by atoms with van der Waals surface area (Å²) in [5, 5.41) is 0. The Balaban J connectivity index is 3.37. The second kappa shape index (κ2) is 3.25. The van der Waals surface area contributed by atoms with E-state index in [1.807, 2.05) is 6.92 Å². The van der Waals surface area contributed by atoms with Gasteiger partial charge in [0, 0.05) is 6.61 Å². The second-order valence-electron chi connectivity index (χ2n) is 2.33. The zero-order valence-corrected chi connectivity index (χ0v) is 7.19. The summed E-state index contributed by atoms with van der Waals surface area (Å²) >= 11 is 0. The monoisotopic (exact) mass is 131 g/mol. The molecule has 0 rings (SSSR count). The lowest BCUT2D eigenvalue weighted by Gasteiger charge is -2.18. The predicted octanol–water partition coefficient (Wildman–Crippen LogP) is 1.99. The number of hydrogen-bond donors (Lipinski definition) is 0. The third kappa shape index (κ3) is 3.21. The van der Waals surface area contributed by atoms with Gasteiger partial charge in [-0.1, -0.05) is 6.92 Å². The van der Waals surface area contributed by atoms with Crippen LogP contribution in [0, 0.1) is 6.04 Å². The minimum absolute atomic E-state index is 0.851. The van der Waals surface area contributed by atoms with E-state index >= 15 is 0 Å². The molecule has 0 bridgehead atoms. The highest BCUT2D eigenvalue weighted by Crippen LogP contribution is 2.05. The van der Waals surface area contributed by atoms with E-state index < -0.39 is 8.32 Å². The molecule has 0 N–H and O–H groups in total. The van der Waals surface area contributed by atoms with E-state index in [1.54, 1.807) is 0 Å². The van der Waals surface area contributed by atoms with Gasteiger partial charge in [0.1, 0.15) is 0 Å². The van der Waals surface area contributed by atoms with Crippen molar-refractivity contribution >= 4 is 8.32 Å². The lowest BCUT2D eigenvalue weighted by Crippen LogP contribution is -2.30. The maximum absolute atomic E-state index is 5.46. The van der Waals surface area contributed by atoms with Crippen LogP contribution in [0.4, 0.5) is 0 Å². The molecule has 0 atom stereocenters. The van der Waals surface area contributed by atoms with Gasteiger partial charge in [0.2, 0.25) is 0 Å². The summed E-state index contributed by atoms with van der Waals surface area (Å²) in [7, 11) is -1.30. The molecule has 0 aliphatic carbocycles. The Bertz CT molecular complexity index is 61.5. The Hall–Kier alpha value is 0.177. The average molecular weight is 131 g/mol. The first-order chi connectivity index (χ1) is 3.62. The zero-order chi connectivity index (χ0) is 6.62. The first-order valence-electron chi connectivity index (χ1n) is 3.07. The minimum Gasteiger partial charge on any atom is -0.417 e. The van der Waals surface area contributed by atoms with E-state index in [9.17, 15) is 0 Å². The summed E-state index contributed by atoms with van der Waals surface area (Å²) in [5.74, 6) is 0. The van der Waals surface area contributed by atoms with Crippen LogP contribution in [0.3, 0.4) is 0 Å². The molecule has 0 saturated heterocycles. The Morgan fingerprint density at radius 3 is 2.12 bits per heavy atom. The van der Waals surface area contributed by atoms with Gasteiger partial charge in [-0.25, -0.2) is 0 Å². The van der Waals surface area contributed by atoms with Crippen LogP contribution in [-0.4, -0.2) is 14.9 Å². The zero-order valence-electron chi connectivity index (χ0n) is 6.19. The molecule has 0 saturated carbocycles. The molecule has 1 radical (unpaired) electrons. The van der Waals surface area contributed by atoms with Crippen LogP contribution in [0.25, 0.3) is 0 Å². The molecular weight excluding hydrogens is 116 g/mol. The van der Waals surface area contributed by atoms with Gasteiger partial charge < -0.3 is 4.43 Å². The fourth-order valence-electron chi connectivity index (χ4n) is 0.455. The largest absolute Gasteiger partial charge is 0.417 e. The molecular formula is C6H15OSi. The fraction of sp³-hybridized carbons (Fsp3) is 0.833. The molecule has 0 amide bonds. The van der Waals surface area contributed by atoms with Crippen LogP contribution in [0.15, 0.2) is 0 Å². The Morgan fingerprint density at radius 1 is 1.50 bits per heavy atom. The summed E-state index contributed by atoms with van der Waals surface area (Å²) in [6, 6.07) is 2.19. The topological polar surface area (TPSA) is 9.23 Å². The lowest BCUT2D eigenvalue weighted by molar-refractivity contribution is 0.335. The Labute approximate surface area is 53.2 Å². The van der Waals surface area contributed by atoms with Crippen molar-refractivity contribution in [3.8, 4) is 0 Å². The smallest absolute Gasteiger partial charge is 0.189 e. The summed E-state index contributed by atoms with van der Waals surface area (Å²) in [4.78, 5) is 0. The van der Waals surface area contributed by atoms with Crippen LogP contribution in [0.5, 0.6) is 0 Å². The Morgan fingerprint density at radius 2 is 2.00 bits per heavy atom. The quantitative estimate of drug-likeness (QED) is 0.532. The van der Waals surface area contributed by atoms with Crippen LogP contribution >= 0.6 is 0 Å². The normalized spacial score (nSPS) is 12.0. The summed E-state index contributed by atoms with van der Waals surface area (Å²) < 4.78 is 5.46. The van der Waals surface area contributed by atoms with Crippen LogP contribution in [0.1, 0.15) is 13.8 Å². The molecule has 0 aliphatic rings. The first kappa shape index (κ1) is 8.18. The number of hydrogen-bond acceptors (Lipinski definition) is 1. The van der Waals surface area contributed by atoms with Gasteiger partial charge in [0.05, 0.1) is 0 Å². The summed E-state index contributed by atoms with van der Waals surface area (Å²) in [6.45, 7) is 9.34. The van der Waals surface area contributed by atoms with Gasteiger partial charge in [-0.2, -0.15) is 0 Å². The molecule has 8 heavy (non-hydrogen) atoms. The SMILES string of the molecule is C[CH][Si](C)(C)OCC. The summed E-state index contributed by atoms with van der Waals surface area (Å²) in [6.07, 6.45) is 0. The van der Waals surface area contributed by atoms with Gasteiger partial charge in [-0.05, 0) is 26.1 Å².